The maximum Gasteiger partial charge on any atom is 0.339 e. The molecule has 0 unspecified atom stereocenters. The minimum atomic E-state index is -0.214. The Bertz CT molecular complexity index is 1230. The summed E-state index contributed by atoms with van der Waals surface area (Å²) in [6, 6.07) is 10.3. The SMILES string of the molecule is CCCCCCc1c(C)c2cc3c(-c4ccc(Br)cc4)coc3c(C)c2oc1=O. The predicted molar refractivity (Wildman–Crippen MR) is 123 cm³/mol. The highest BCUT2D eigenvalue weighted by molar-refractivity contribution is 9.10. The number of hydrogen-bond acceptors (Lipinski definition) is 3. The summed E-state index contributed by atoms with van der Waals surface area (Å²) in [6.45, 7) is 6.19. The van der Waals surface area contributed by atoms with Crippen molar-refractivity contribution in [2.45, 2.75) is 52.9 Å². The maximum absolute atomic E-state index is 12.7. The van der Waals surface area contributed by atoms with Crippen LogP contribution in [0.15, 0.2) is 54.7 Å². The van der Waals surface area contributed by atoms with Crippen LogP contribution in [0.4, 0.5) is 0 Å². The quantitative estimate of drug-likeness (QED) is 0.222. The van der Waals surface area contributed by atoms with Gasteiger partial charge in [0.2, 0.25) is 0 Å². The van der Waals surface area contributed by atoms with E-state index in [1.165, 1.54) is 12.8 Å². The van der Waals surface area contributed by atoms with E-state index in [0.29, 0.717) is 5.58 Å². The first-order valence-corrected chi connectivity index (χ1v) is 11.0. The highest BCUT2D eigenvalue weighted by atomic mass is 79.9. The highest BCUT2D eigenvalue weighted by Gasteiger charge is 2.18. The summed E-state index contributed by atoms with van der Waals surface area (Å²) in [5.41, 5.74) is 6.05. The zero-order chi connectivity index (χ0) is 20.5. The third kappa shape index (κ3) is 3.66. The van der Waals surface area contributed by atoms with Gasteiger partial charge in [0, 0.05) is 31.9 Å². The molecule has 0 saturated heterocycles. The molecule has 0 N–H and O–H groups in total. The second kappa shape index (κ2) is 8.19. The van der Waals surface area contributed by atoms with Crippen molar-refractivity contribution in [2.75, 3.05) is 0 Å². The molecule has 4 rings (SSSR count). The molecule has 29 heavy (non-hydrogen) atoms. The molecule has 0 aliphatic heterocycles. The first-order chi connectivity index (χ1) is 14.0. The first-order valence-electron chi connectivity index (χ1n) is 10.2. The third-order valence-electron chi connectivity index (χ3n) is 5.78. The number of benzene rings is 2. The number of rotatable bonds is 6. The van der Waals surface area contributed by atoms with E-state index in [1.54, 1.807) is 6.26 Å². The maximum atomic E-state index is 12.7. The number of halogens is 1. The lowest BCUT2D eigenvalue weighted by Crippen LogP contribution is -2.10. The molecule has 2 heterocycles. The van der Waals surface area contributed by atoms with E-state index in [9.17, 15) is 4.79 Å². The molecule has 0 radical (unpaired) electrons. The predicted octanol–water partition coefficient (Wildman–Crippen LogP) is 7.71. The Hall–Kier alpha value is -2.33. The summed E-state index contributed by atoms with van der Waals surface area (Å²) >= 11 is 3.49. The second-order valence-electron chi connectivity index (χ2n) is 7.71. The molecular formula is C25H25BrO3. The van der Waals surface area contributed by atoms with E-state index in [4.69, 9.17) is 8.83 Å². The summed E-state index contributed by atoms with van der Waals surface area (Å²) in [6.07, 6.45) is 7.10. The molecule has 2 aromatic heterocycles. The second-order valence-corrected chi connectivity index (χ2v) is 8.63. The molecule has 0 aliphatic carbocycles. The molecule has 0 bridgehead atoms. The Balaban J connectivity index is 1.88. The van der Waals surface area contributed by atoms with Crippen molar-refractivity contribution < 1.29 is 8.83 Å². The van der Waals surface area contributed by atoms with Gasteiger partial charge in [0.1, 0.15) is 11.2 Å². The largest absolute Gasteiger partial charge is 0.463 e. The van der Waals surface area contributed by atoms with Gasteiger partial charge in [-0.25, -0.2) is 4.79 Å². The Morgan fingerprint density at radius 1 is 0.931 bits per heavy atom. The normalized spacial score (nSPS) is 11.6. The number of fused-ring (bicyclic) bond motifs is 2. The molecule has 2 aromatic carbocycles. The van der Waals surface area contributed by atoms with E-state index in [2.05, 4.69) is 41.1 Å². The Kier molecular flexibility index (Phi) is 5.64. The zero-order valence-electron chi connectivity index (χ0n) is 17.1. The Morgan fingerprint density at radius 2 is 1.69 bits per heavy atom. The minimum absolute atomic E-state index is 0.214. The van der Waals surface area contributed by atoms with Crippen LogP contribution in [0.3, 0.4) is 0 Å². The van der Waals surface area contributed by atoms with Crippen LogP contribution >= 0.6 is 15.9 Å². The van der Waals surface area contributed by atoms with Crippen molar-refractivity contribution in [3.05, 3.63) is 68.2 Å². The summed E-state index contributed by atoms with van der Waals surface area (Å²) in [4.78, 5) is 12.7. The van der Waals surface area contributed by atoms with Crippen LogP contribution in [-0.2, 0) is 6.42 Å². The van der Waals surface area contributed by atoms with Gasteiger partial charge in [-0.15, -0.1) is 0 Å². The topological polar surface area (TPSA) is 43.4 Å². The smallest absolute Gasteiger partial charge is 0.339 e. The third-order valence-corrected chi connectivity index (χ3v) is 6.31. The molecule has 0 fully saturated rings. The van der Waals surface area contributed by atoms with Crippen molar-refractivity contribution in [1.82, 2.24) is 0 Å². The molecule has 0 saturated carbocycles. The van der Waals surface area contributed by atoms with Crippen LogP contribution in [0.5, 0.6) is 0 Å². The lowest BCUT2D eigenvalue weighted by Gasteiger charge is -2.10. The Morgan fingerprint density at radius 3 is 2.41 bits per heavy atom. The molecule has 0 spiro atoms. The summed E-state index contributed by atoms with van der Waals surface area (Å²) in [7, 11) is 0. The molecule has 4 aromatic rings. The monoisotopic (exact) mass is 452 g/mol. The molecular weight excluding hydrogens is 428 g/mol. The fraction of sp³-hybridized carbons (Fsp3) is 0.320. The zero-order valence-corrected chi connectivity index (χ0v) is 18.7. The number of aryl methyl sites for hydroxylation is 2. The van der Waals surface area contributed by atoms with Crippen LogP contribution in [0.2, 0.25) is 0 Å². The van der Waals surface area contributed by atoms with Gasteiger partial charge >= 0.3 is 5.63 Å². The van der Waals surface area contributed by atoms with Crippen LogP contribution in [0, 0.1) is 13.8 Å². The van der Waals surface area contributed by atoms with Gasteiger partial charge in [-0.3, -0.25) is 0 Å². The molecule has 150 valence electrons. The van der Waals surface area contributed by atoms with Crippen LogP contribution in [0.25, 0.3) is 33.1 Å². The van der Waals surface area contributed by atoms with Crippen LogP contribution < -0.4 is 5.63 Å². The van der Waals surface area contributed by atoms with Gasteiger partial charge in [-0.05, 0) is 56.0 Å². The van der Waals surface area contributed by atoms with Gasteiger partial charge < -0.3 is 8.83 Å². The standard InChI is InChI=1S/C25H25BrO3/c1-4-5-6-7-8-19-15(2)20-13-21-22(17-9-11-18(26)12-10-17)14-28-23(21)16(3)24(20)29-25(19)27/h9-14H,4-8H2,1-3H3. The lowest BCUT2D eigenvalue weighted by molar-refractivity contribution is 0.539. The van der Waals surface area contributed by atoms with E-state index in [0.717, 1.165) is 67.9 Å². The average Bonchev–Trinajstić information content (AvgIpc) is 3.13. The van der Waals surface area contributed by atoms with E-state index >= 15 is 0 Å². The van der Waals surface area contributed by atoms with Gasteiger partial charge in [0.15, 0.2) is 0 Å². The van der Waals surface area contributed by atoms with Gasteiger partial charge in [0.25, 0.3) is 0 Å². The van der Waals surface area contributed by atoms with Crippen molar-refractivity contribution in [3.63, 3.8) is 0 Å². The van der Waals surface area contributed by atoms with E-state index in [-0.39, 0.29) is 5.63 Å². The summed E-state index contributed by atoms with van der Waals surface area (Å²) < 4.78 is 12.7. The van der Waals surface area contributed by atoms with Crippen LogP contribution in [-0.4, -0.2) is 0 Å². The average molecular weight is 453 g/mol. The number of hydrogen-bond donors (Lipinski definition) is 0. The molecule has 0 atom stereocenters. The summed E-state index contributed by atoms with van der Waals surface area (Å²) in [5.74, 6) is 0. The van der Waals surface area contributed by atoms with Gasteiger partial charge in [-0.1, -0.05) is 54.2 Å². The van der Waals surface area contributed by atoms with Crippen molar-refractivity contribution >= 4 is 37.9 Å². The Labute approximate surface area is 178 Å². The van der Waals surface area contributed by atoms with E-state index in [1.807, 2.05) is 26.0 Å². The van der Waals surface area contributed by atoms with Crippen molar-refractivity contribution in [1.29, 1.82) is 0 Å². The van der Waals surface area contributed by atoms with Crippen molar-refractivity contribution in [3.8, 4) is 11.1 Å². The van der Waals surface area contributed by atoms with Gasteiger partial charge in [0.05, 0.1) is 6.26 Å². The van der Waals surface area contributed by atoms with E-state index < -0.39 is 0 Å². The van der Waals surface area contributed by atoms with Gasteiger partial charge in [-0.2, -0.15) is 0 Å². The molecule has 3 nitrogen and oxygen atoms in total. The fourth-order valence-corrected chi connectivity index (χ4v) is 4.33. The number of unbranched alkanes of at least 4 members (excludes halogenated alkanes) is 3. The van der Waals surface area contributed by atoms with Crippen LogP contribution in [0.1, 0.15) is 49.3 Å². The lowest BCUT2D eigenvalue weighted by atomic mass is 9.96. The number of furan rings is 1. The summed E-state index contributed by atoms with van der Waals surface area (Å²) in [5, 5.41) is 2.05. The van der Waals surface area contributed by atoms with Crippen molar-refractivity contribution in [2.24, 2.45) is 0 Å². The molecule has 0 aliphatic rings. The first kappa shape index (κ1) is 20.0. The fourth-order valence-electron chi connectivity index (χ4n) is 4.07. The molecule has 0 amide bonds. The molecule has 4 heteroatoms. The highest BCUT2D eigenvalue weighted by Crippen LogP contribution is 2.37. The minimum Gasteiger partial charge on any atom is -0.463 e.